The number of carbonyl (C=O) groups is 2. The van der Waals surface area contributed by atoms with Crippen molar-refractivity contribution in [3.05, 3.63) is 0 Å². The lowest BCUT2D eigenvalue weighted by atomic mass is 10.2. The van der Waals surface area contributed by atoms with Crippen LogP contribution >= 0.6 is 0 Å². The Morgan fingerprint density at radius 2 is 2.00 bits per heavy atom. The van der Waals surface area contributed by atoms with Gasteiger partial charge in [0.2, 0.25) is 0 Å². The average molecular weight is 201 g/mol. The summed E-state index contributed by atoms with van der Waals surface area (Å²) < 4.78 is 4.97. The van der Waals surface area contributed by atoms with Crippen molar-refractivity contribution in [1.82, 2.24) is 5.32 Å². The molecule has 1 aliphatic carbocycles. The zero-order valence-corrected chi connectivity index (χ0v) is 8.53. The Hall–Kier alpha value is -1.26. The summed E-state index contributed by atoms with van der Waals surface area (Å²) in [6.07, 6.45) is -0.0551. The van der Waals surface area contributed by atoms with Crippen LogP contribution in [0.3, 0.4) is 0 Å². The second-order valence-corrected chi connectivity index (χ2v) is 4.43. The van der Waals surface area contributed by atoms with E-state index in [1.54, 1.807) is 20.8 Å². The molecule has 0 aromatic heterocycles. The van der Waals surface area contributed by atoms with E-state index in [-0.39, 0.29) is 6.04 Å². The minimum atomic E-state index is -0.869. The van der Waals surface area contributed by atoms with Gasteiger partial charge in [-0.05, 0) is 27.2 Å². The second kappa shape index (κ2) is 3.48. The van der Waals surface area contributed by atoms with Crippen LogP contribution in [0.25, 0.3) is 0 Å². The largest absolute Gasteiger partial charge is 0.481 e. The van der Waals surface area contributed by atoms with Crippen LogP contribution in [0.2, 0.25) is 0 Å². The number of hydrogen-bond donors (Lipinski definition) is 2. The van der Waals surface area contributed by atoms with Gasteiger partial charge < -0.3 is 15.2 Å². The lowest BCUT2D eigenvalue weighted by Crippen LogP contribution is -2.34. The van der Waals surface area contributed by atoms with Gasteiger partial charge in [0.05, 0.1) is 5.92 Å². The zero-order valence-electron chi connectivity index (χ0n) is 8.53. The van der Waals surface area contributed by atoms with Gasteiger partial charge in [-0.15, -0.1) is 0 Å². The summed E-state index contributed by atoms with van der Waals surface area (Å²) >= 11 is 0. The standard InChI is InChI=1S/C9H15NO4/c1-9(2,3)14-8(13)10-6-4-5(6)7(11)12/h5-6H,4H2,1-3H3,(H,10,13)(H,11,12)/t5-,6+/m0/s1. The van der Waals surface area contributed by atoms with Crippen LogP contribution in [0.4, 0.5) is 4.79 Å². The van der Waals surface area contributed by atoms with Crippen molar-refractivity contribution in [3.63, 3.8) is 0 Å². The summed E-state index contributed by atoms with van der Waals surface area (Å²) in [5.41, 5.74) is -0.544. The maximum Gasteiger partial charge on any atom is 0.407 e. The van der Waals surface area contributed by atoms with E-state index in [9.17, 15) is 9.59 Å². The van der Waals surface area contributed by atoms with E-state index in [4.69, 9.17) is 9.84 Å². The second-order valence-electron chi connectivity index (χ2n) is 4.43. The Labute approximate surface area is 82.4 Å². The van der Waals surface area contributed by atoms with Gasteiger partial charge in [-0.25, -0.2) is 4.79 Å². The summed E-state index contributed by atoms with van der Waals surface area (Å²) in [5, 5.41) is 11.1. The van der Waals surface area contributed by atoms with Crippen molar-refractivity contribution in [2.45, 2.75) is 38.8 Å². The molecule has 0 unspecified atom stereocenters. The third-order valence-corrected chi connectivity index (χ3v) is 1.81. The highest BCUT2D eigenvalue weighted by molar-refractivity contribution is 5.77. The van der Waals surface area contributed by atoms with Gasteiger partial charge in [-0.3, -0.25) is 4.79 Å². The lowest BCUT2D eigenvalue weighted by Gasteiger charge is -2.19. The molecule has 1 amide bonds. The number of hydrogen-bond acceptors (Lipinski definition) is 3. The highest BCUT2D eigenvalue weighted by Gasteiger charge is 2.44. The number of amides is 1. The lowest BCUT2D eigenvalue weighted by molar-refractivity contribution is -0.138. The fraction of sp³-hybridized carbons (Fsp3) is 0.778. The van der Waals surface area contributed by atoms with Gasteiger partial charge >= 0.3 is 12.1 Å². The molecule has 2 atom stereocenters. The van der Waals surface area contributed by atoms with Crippen molar-refractivity contribution >= 4 is 12.1 Å². The third-order valence-electron chi connectivity index (χ3n) is 1.81. The monoisotopic (exact) mass is 201 g/mol. The molecule has 1 aliphatic rings. The number of carbonyl (C=O) groups excluding carboxylic acids is 1. The average Bonchev–Trinajstić information content (AvgIpc) is 2.61. The van der Waals surface area contributed by atoms with Gasteiger partial charge in [0, 0.05) is 6.04 Å². The van der Waals surface area contributed by atoms with Crippen molar-refractivity contribution in [2.75, 3.05) is 0 Å². The summed E-state index contributed by atoms with van der Waals surface area (Å²) in [5.74, 6) is -1.31. The van der Waals surface area contributed by atoms with E-state index in [2.05, 4.69) is 5.32 Å². The zero-order chi connectivity index (χ0) is 10.9. The first kappa shape index (κ1) is 10.8. The molecule has 5 heteroatoms. The maximum absolute atomic E-state index is 11.2. The van der Waals surface area contributed by atoms with Gasteiger partial charge in [-0.2, -0.15) is 0 Å². The summed E-state index contributed by atoms with van der Waals surface area (Å²) in [7, 11) is 0. The van der Waals surface area contributed by atoms with Crippen LogP contribution in [0.1, 0.15) is 27.2 Å². The number of rotatable bonds is 2. The normalized spacial score (nSPS) is 25.4. The van der Waals surface area contributed by atoms with E-state index < -0.39 is 23.6 Å². The molecule has 0 aromatic rings. The first-order valence-corrected chi connectivity index (χ1v) is 4.52. The fourth-order valence-corrected chi connectivity index (χ4v) is 1.09. The molecule has 0 saturated heterocycles. The van der Waals surface area contributed by atoms with Crippen LogP contribution in [-0.2, 0) is 9.53 Å². The smallest absolute Gasteiger partial charge is 0.407 e. The SMILES string of the molecule is CC(C)(C)OC(=O)N[C@@H]1C[C@@H]1C(=O)O. The van der Waals surface area contributed by atoms with Gasteiger partial charge in [0.1, 0.15) is 5.60 Å². The van der Waals surface area contributed by atoms with Crippen molar-refractivity contribution in [1.29, 1.82) is 0 Å². The number of carboxylic acids is 1. The summed E-state index contributed by atoms with van der Waals surface area (Å²) in [6, 6.07) is -0.262. The minimum Gasteiger partial charge on any atom is -0.481 e. The molecule has 0 aromatic carbocycles. The molecule has 0 radical (unpaired) electrons. The predicted octanol–water partition coefficient (Wildman–Crippen LogP) is 0.984. The fourth-order valence-electron chi connectivity index (χ4n) is 1.09. The van der Waals surface area contributed by atoms with Crippen molar-refractivity contribution < 1.29 is 19.4 Å². The molecule has 1 rings (SSSR count). The highest BCUT2D eigenvalue weighted by atomic mass is 16.6. The molecule has 0 spiro atoms. The van der Waals surface area contributed by atoms with Gasteiger partial charge in [-0.1, -0.05) is 0 Å². The molecule has 0 bridgehead atoms. The summed E-state index contributed by atoms with van der Waals surface area (Å²) in [4.78, 5) is 21.6. The number of aliphatic carboxylic acids is 1. The minimum absolute atomic E-state index is 0.262. The van der Waals surface area contributed by atoms with Crippen molar-refractivity contribution in [3.8, 4) is 0 Å². The Kier molecular flexibility index (Phi) is 2.69. The molecule has 1 saturated carbocycles. The molecular formula is C9H15NO4. The van der Waals surface area contributed by atoms with E-state index in [0.29, 0.717) is 6.42 Å². The quantitative estimate of drug-likeness (QED) is 0.698. The number of nitrogens with one attached hydrogen (secondary N) is 1. The molecule has 0 heterocycles. The molecule has 14 heavy (non-hydrogen) atoms. The van der Waals surface area contributed by atoms with E-state index in [1.165, 1.54) is 0 Å². The first-order chi connectivity index (χ1) is 6.29. The van der Waals surface area contributed by atoms with Crippen LogP contribution in [0.15, 0.2) is 0 Å². The molecular weight excluding hydrogens is 186 g/mol. The molecule has 2 N–H and O–H groups in total. The molecule has 0 aliphatic heterocycles. The third kappa shape index (κ3) is 3.24. The summed E-state index contributed by atoms with van der Waals surface area (Å²) in [6.45, 7) is 5.27. The van der Waals surface area contributed by atoms with Crippen LogP contribution in [0.5, 0.6) is 0 Å². The Bertz CT molecular complexity index is 256. The van der Waals surface area contributed by atoms with Crippen molar-refractivity contribution in [2.24, 2.45) is 5.92 Å². The predicted molar refractivity (Wildman–Crippen MR) is 48.9 cm³/mol. The Morgan fingerprint density at radius 3 is 2.36 bits per heavy atom. The molecule has 5 nitrogen and oxygen atoms in total. The molecule has 80 valence electrons. The number of alkyl carbamates (subject to hydrolysis) is 1. The van der Waals surface area contributed by atoms with Gasteiger partial charge in [0.25, 0.3) is 0 Å². The van der Waals surface area contributed by atoms with Gasteiger partial charge in [0.15, 0.2) is 0 Å². The first-order valence-electron chi connectivity index (χ1n) is 4.52. The number of carboxylic acid groups (broad SMARTS) is 1. The van der Waals surface area contributed by atoms with E-state index in [0.717, 1.165) is 0 Å². The maximum atomic E-state index is 11.2. The molecule has 1 fully saturated rings. The highest BCUT2D eigenvalue weighted by Crippen LogP contribution is 2.30. The number of ether oxygens (including phenoxy) is 1. The van der Waals surface area contributed by atoms with E-state index >= 15 is 0 Å². The van der Waals surface area contributed by atoms with Crippen LogP contribution < -0.4 is 5.32 Å². The topological polar surface area (TPSA) is 75.6 Å². The van der Waals surface area contributed by atoms with Crippen LogP contribution in [-0.4, -0.2) is 28.8 Å². The Morgan fingerprint density at radius 1 is 1.43 bits per heavy atom. The Balaban J connectivity index is 2.27. The van der Waals surface area contributed by atoms with Crippen LogP contribution in [0, 0.1) is 5.92 Å². The van der Waals surface area contributed by atoms with E-state index in [1.807, 2.05) is 0 Å².